The molecule has 0 aliphatic heterocycles. The predicted molar refractivity (Wildman–Crippen MR) is 83.5 cm³/mol. The van der Waals surface area contributed by atoms with Crippen LogP contribution in [-0.2, 0) is 11.3 Å². The van der Waals surface area contributed by atoms with Gasteiger partial charge in [-0.2, -0.15) is 0 Å². The normalized spacial score (nSPS) is 10.7. The average Bonchev–Trinajstić information content (AvgIpc) is 2.77. The number of H-pyrrole nitrogens is 1. The summed E-state index contributed by atoms with van der Waals surface area (Å²) in [6.45, 7) is 0.519. The number of imidazole rings is 1. The van der Waals surface area contributed by atoms with Gasteiger partial charge in [0.1, 0.15) is 0 Å². The zero-order valence-electron chi connectivity index (χ0n) is 12.6. The number of rotatable bonds is 5. The second-order valence-electron chi connectivity index (χ2n) is 4.84. The average molecular weight is 309 g/mol. The van der Waals surface area contributed by atoms with Crippen LogP contribution in [0.2, 0.25) is 0 Å². The summed E-state index contributed by atoms with van der Waals surface area (Å²) in [7, 11) is 6.66. The third-order valence-corrected chi connectivity index (χ3v) is 3.65. The fraction of sp³-hybridized carbons (Fsp3) is 0.429. The maximum atomic E-state index is 11.7. The molecule has 0 saturated carbocycles. The van der Waals surface area contributed by atoms with Gasteiger partial charge in [0.2, 0.25) is 5.91 Å². The number of fused-ring (bicyclic) bond motifs is 1. The number of nitrogens with one attached hydrogen (secondary N) is 1. The minimum Gasteiger partial charge on any atom is -0.493 e. The third-order valence-electron chi connectivity index (χ3n) is 3.33. The number of hydrogen-bond donors (Lipinski definition) is 1. The number of ether oxygens (including phenoxy) is 2. The van der Waals surface area contributed by atoms with Crippen molar-refractivity contribution in [1.82, 2.24) is 14.5 Å². The number of methoxy groups -OCH3 is 2. The monoisotopic (exact) mass is 309 g/mol. The molecule has 1 amide bonds. The highest BCUT2D eigenvalue weighted by Crippen LogP contribution is 2.31. The van der Waals surface area contributed by atoms with Gasteiger partial charge >= 0.3 is 0 Å². The fourth-order valence-corrected chi connectivity index (χ4v) is 2.44. The summed E-state index contributed by atoms with van der Waals surface area (Å²) >= 11 is 5.33. The molecule has 0 radical (unpaired) electrons. The van der Waals surface area contributed by atoms with Gasteiger partial charge in [-0.15, -0.1) is 0 Å². The van der Waals surface area contributed by atoms with Gasteiger partial charge in [-0.3, -0.25) is 4.79 Å². The highest BCUT2D eigenvalue weighted by Gasteiger charge is 2.12. The van der Waals surface area contributed by atoms with E-state index in [0.29, 0.717) is 29.2 Å². The van der Waals surface area contributed by atoms with Crippen molar-refractivity contribution in [2.24, 2.45) is 0 Å². The molecule has 1 heterocycles. The number of aryl methyl sites for hydroxylation is 1. The molecule has 6 nitrogen and oxygen atoms in total. The molecular weight excluding hydrogens is 290 g/mol. The summed E-state index contributed by atoms with van der Waals surface area (Å²) < 4.78 is 13.1. The van der Waals surface area contributed by atoms with Crippen LogP contribution in [0, 0.1) is 4.77 Å². The number of carbonyl (C=O) groups excluding carboxylic acids is 1. The summed E-state index contributed by atoms with van der Waals surface area (Å²) in [5.74, 6) is 1.33. The molecule has 7 heteroatoms. The minimum absolute atomic E-state index is 0.0618. The fourth-order valence-electron chi connectivity index (χ4n) is 2.14. The van der Waals surface area contributed by atoms with Crippen LogP contribution in [-0.4, -0.2) is 48.7 Å². The van der Waals surface area contributed by atoms with Crippen molar-refractivity contribution in [3.63, 3.8) is 0 Å². The first-order chi connectivity index (χ1) is 9.97. The third kappa shape index (κ3) is 3.02. The van der Waals surface area contributed by atoms with Gasteiger partial charge in [0.25, 0.3) is 0 Å². The lowest BCUT2D eigenvalue weighted by Crippen LogP contribution is -2.22. The van der Waals surface area contributed by atoms with Crippen LogP contribution in [0.1, 0.15) is 6.42 Å². The van der Waals surface area contributed by atoms with E-state index in [1.807, 2.05) is 16.7 Å². The molecule has 0 aliphatic carbocycles. The molecule has 0 unspecified atom stereocenters. The molecule has 0 spiro atoms. The van der Waals surface area contributed by atoms with E-state index in [0.717, 1.165) is 11.0 Å². The van der Waals surface area contributed by atoms with E-state index >= 15 is 0 Å². The molecule has 114 valence electrons. The van der Waals surface area contributed by atoms with Crippen molar-refractivity contribution in [3.05, 3.63) is 16.9 Å². The lowest BCUT2D eigenvalue weighted by molar-refractivity contribution is -0.128. The second-order valence-corrected chi connectivity index (χ2v) is 5.23. The van der Waals surface area contributed by atoms with E-state index in [2.05, 4.69) is 4.98 Å². The lowest BCUT2D eigenvalue weighted by atomic mass is 10.2. The molecule has 0 aliphatic rings. The van der Waals surface area contributed by atoms with E-state index in [-0.39, 0.29) is 5.91 Å². The number of hydrogen-bond acceptors (Lipinski definition) is 4. The summed E-state index contributed by atoms with van der Waals surface area (Å²) in [5, 5.41) is 0. The van der Waals surface area contributed by atoms with Crippen LogP contribution in [0.4, 0.5) is 0 Å². The maximum Gasteiger partial charge on any atom is 0.223 e. The van der Waals surface area contributed by atoms with Gasteiger partial charge in [0, 0.05) is 39.2 Å². The molecular formula is C14H19N3O3S. The van der Waals surface area contributed by atoms with Crippen molar-refractivity contribution in [2.45, 2.75) is 13.0 Å². The summed E-state index contributed by atoms with van der Waals surface area (Å²) in [6.07, 6.45) is 0.391. The van der Waals surface area contributed by atoms with Crippen LogP contribution < -0.4 is 9.47 Å². The molecule has 1 aromatic carbocycles. The highest BCUT2D eigenvalue weighted by molar-refractivity contribution is 7.71. The number of aromatic amines is 1. The quantitative estimate of drug-likeness (QED) is 0.860. The predicted octanol–water partition coefficient (Wildman–Crippen LogP) is 2.19. The molecule has 0 fully saturated rings. The number of aromatic nitrogens is 2. The molecule has 1 N–H and O–H groups in total. The van der Waals surface area contributed by atoms with Crippen molar-refractivity contribution in [2.75, 3.05) is 28.3 Å². The Labute approximate surface area is 128 Å². The van der Waals surface area contributed by atoms with Crippen LogP contribution in [0.25, 0.3) is 11.0 Å². The van der Waals surface area contributed by atoms with E-state index in [1.165, 1.54) is 0 Å². The van der Waals surface area contributed by atoms with Crippen LogP contribution in [0.15, 0.2) is 12.1 Å². The van der Waals surface area contributed by atoms with Gasteiger partial charge < -0.3 is 23.9 Å². The van der Waals surface area contributed by atoms with Crippen molar-refractivity contribution in [1.29, 1.82) is 0 Å². The van der Waals surface area contributed by atoms with Gasteiger partial charge in [0.05, 0.1) is 25.3 Å². The molecule has 0 bridgehead atoms. The van der Waals surface area contributed by atoms with E-state index in [9.17, 15) is 4.79 Å². The molecule has 0 saturated heterocycles. The Bertz CT molecular complexity index is 718. The van der Waals surface area contributed by atoms with Gasteiger partial charge in [0.15, 0.2) is 16.3 Å². The second kappa shape index (κ2) is 6.17. The first kappa shape index (κ1) is 15.4. The van der Waals surface area contributed by atoms with Crippen molar-refractivity contribution in [3.8, 4) is 11.5 Å². The highest BCUT2D eigenvalue weighted by atomic mass is 32.1. The molecule has 0 atom stereocenters. The largest absolute Gasteiger partial charge is 0.493 e. The summed E-state index contributed by atoms with van der Waals surface area (Å²) in [5.41, 5.74) is 1.75. The van der Waals surface area contributed by atoms with Crippen LogP contribution >= 0.6 is 12.2 Å². The SMILES string of the molecule is COc1cc2[nH]c(=S)n(CCC(=O)N(C)C)c2cc1OC. The first-order valence-corrected chi connectivity index (χ1v) is 6.93. The smallest absolute Gasteiger partial charge is 0.223 e. The topological polar surface area (TPSA) is 59.5 Å². The Morgan fingerprint density at radius 2 is 1.90 bits per heavy atom. The number of amides is 1. The lowest BCUT2D eigenvalue weighted by Gasteiger charge is -2.11. The van der Waals surface area contributed by atoms with Gasteiger partial charge in [-0.05, 0) is 12.2 Å². The molecule has 1 aromatic heterocycles. The van der Waals surface area contributed by atoms with Gasteiger partial charge in [-0.1, -0.05) is 0 Å². The van der Waals surface area contributed by atoms with E-state index < -0.39 is 0 Å². The zero-order valence-corrected chi connectivity index (χ0v) is 13.4. The number of nitrogens with zero attached hydrogens (tertiary/aromatic N) is 2. The molecule has 21 heavy (non-hydrogen) atoms. The molecule has 2 aromatic rings. The Hall–Kier alpha value is -2.02. The molecule has 2 rings (SSSR count). The standard InChI is InChI=1S/C14H19N3O3S/c1-16(2)13(18)5-6-17-10-8-12(20-4)11(19-3)7-9(10)15-14(17)21/h7-8H,5-6H2,1-4H3,(H,15,21). The number of carbonyl (C=O) groups is 1. The Balaban J connectivity index is 2.42. The Kier molecular flexibility index (Phi) is 4.52. The van der Waals surface area contributed by atoms with Crippen molar-refractivity contribution < 1.29 is 14.3 Å². The zero-order chi connectivity index (χ0) is 15.6. The number of benzene rings is 1. The van der Waals surface area contributed by atoms with Crippen LogP contribution in [0.5, 0.6) is 11.5 Å². The van der Waals surface area contributed by atoms with E-state index in [4.69, 9.17) is 21.7 Å². The Morgan fingerprint density at radius 3 is 2.48 bits per heavy atom. The van der Waals surface area contributed by atoms with Gasteiger partial charge in [-0.25, -0.2) is 0 Å². The summed E-state index contributed by atoms with van der Waals surface area (Å²) in [6, 6.07) is 3.70. The summed E-state index contributed by atoms with van der Waals surface area (Å²) in [4.78, 5) is 16.4. The minimum atomic E-state index is 0.0618. The van der Waals surface area contributed by atoms with E-state index in [1.54, 1.807) is 33.2 Å². The van der Waals surface area contributed by atoms with Crippen LogP contribution in [0.3, 0.4) is 0 Å². The first-order valence-electron chi connectivity index (χ1n) is 6.52. The maximum absolute atomic E-state index is 11.7. The Morgan fingerprint density at radius 1 is 1.29 bits per heavy atom. The van der Waals surface area contributed by atoms with Crippen molar-refractivity contribution >= 4 is 29.2 Å².